The Morgan fingerprint density at radius 3 is 2.86 bits per heavy atom. The van der Waals surface area contributed by atoms with Gasteiger partial charge in [-0.15, -0.1) is 10.2 Å². The maximum Gasteiger partial charge on any atom is 0.243 e. The number of benzene rings is 1. The Hall–Kier alpha value is -2.48. The summed E-state index contributed by atoms with van der Waals surface area (Å²) in [5.41, 5.74) is 7.09. The predicted molar refractivity (Wildman–Crippen MR) is 77.2 cm³/mol. The number of hydrogen-bond acceptors (Lipinski definition) is 6. The molecule has 0 aliphatic carbocycles. The van der Waals surface area contributed by atoms with Gasteiger partial charge in [0.25, 0.3) is 0 Å². The first-order chi connectivity index (χ1) is 10.2. The lowest BCUT2D eigenvalue weighted by atomic mass is 10.2. The fourth-order valence-corrected chi connectivity index (χ4v) is 1.69. The highest BCUT2D eigenvalue weighted by atomic mass is 16.5. The number of hydrogen-bond donors (Lipinski definition) is 2. The number of ether oxygens (including phenoxy) is 1. The zero-order valence-corrected chi connectivity index (χ0v) is 11.8. The molecule has 2 rings (SSSR count). The minimum Gasteiger partial charge on any atom is -0.399 e. The van der Waals surface area contributed by atoms with Gasteiger partial charge in [0.1, 0.15) is 6.54 Å². The molecule has 112 valence electrons. The van der Waals surface area contributed by atoms with Crippen molar-refractivity contribution >= 4 is 11.6 Å². The molecule has 8 nitrogen and oxygen atoms in total. The lowest BCUT2D eigenvalue weighted by molar-refractivity contribution is -0.122. The van der Waals surface area contributed by atoms with Crippen molar-refractivity contribution in [3.63, 3.8) is 0 Å². The number of nitrogen functional groups attached to an aromatic ring is 1. The molecule has 0 saturated carbocycles. The summed E-state index contributed by atoms with van der Waals surface area (Å²) in [4.78, 5) is 12.9. The van der Waals surface area contributed by atoms with Gasteiger partial charge in [-0.05, 0) is 35.9 Å². The number of tetrazole rings is 1. The summed E-state index contributed by atoms with van der Waals surface area (Å²) in [6.07, 6.45) is 0.768. The second kappa shape index (κ2) is 7.34. The third-order valence-electron chi connectivity index (χ3n) is 2.75. The number of nitrogens with zero attached hydrogens (tertiary/aromatic N) is 4. The summed E-state index contributed by atoms with van der Waals surface area (Å²) in [6, 6.07) is 7.14. The SMILES string of the molecule is COCCCNC(=O)Cn1nnc(-c2ccc(N)cc2)n1. The molecule has 8 heteroatoms. The minimum atomic E-state index is -0.160. The predicted octanol–water partition coefficient (Wildman–Crippen LogP) is 0.0750. The molecule has 0 atom stereocenters. The summed E-state index contributed by atoms with van der Waals surface area (Å²) >= 11 is 0. The molecular formula is C13H18N6O2. The summed E-state index contributed by atoms with van der Waals surface area (Å²) < 4.78 is 4.90. The zero-order chi connectivity index (χ0) is 15.1. The van der Waals surface area contributed by atoms with Crippen molar-refractivity contribution in [2.45, 2.75) is 13.0 Å². The van der Waals surface area contributed by atoms with E-state index in [4.69, 9.17) is 10.5 Å². The first kappa shape index (κ1) is 14.9. The van der Waals surface area contributed by atoms with Crippen LogP contribution in [0.1, 0.15) is 6.42 Å². The van der Waals surface area contributed by atoms with Crippen molar-refractivity contribution in [3.05, 3.63) is 24.3 Å². The number of nitrogens with one attached hydrogen (secondary N) is 1. The topological polar surface area (TPSA) is 108 Å². The van der Waals surface area contributed by atoms with E-state index in [0.717, 1.165) is 12.0 Å². The molecule has 0 aliphatic heterocycles. The van der Waals surface area contributed by atoms with Crippen molar-refractivity contribution in [3.8, 4) is 11.4 Å². The van der Waals surface area contributed by atoms with E-state index < -0.39 is 0 Å². The molecule has 0 radical (unpaired) electrons. The number of anilines is 1. The van der Waals surface area contributed by atoms with E-state index in [9.17, 15) is 4.79 Å². The van der Waals surface area contributed by atoms with Gasteiger partial charge in [-0.25, -0.2) is 0 Å². The van der Waals surface area contributed by atoms with E-state index in [0.29, 0.717) is 24.7 Å². The van der Waals surface area contributed by atoms with Gasteiger partial charge in [-0.1, -0.05) is 0 Å². The van der Waals surface area contributed by atoms with E-state index >= 15 is 0 Å². The van der Waals surface area contributed by atoms with E-state index in [1.54, 1.807) is 19.2 Å². The first-order valence-electron chi connectivity index (χ1n) is 6.58. The van der Waals surface area contributed by atoms with E-state index in [1.165, 1.54) is 4.80 Å². The highest BCUT2D eigenvalue weighted by Gasteiger charge is 2.08. The molecule has 1 aromatic carbocycles. The molecule has 0 unspecified atom stereocenters. The smallest absolute Gasteiger partial charge is 0.243 e. The minimum absolute atomic E-state index is 0.0367. The lowest BCUT2D eigenvalue weighted by Gasteiger charge is -2.03. The molecule has 1 heterocycles. The molecule has 0 aliphatic rings. The van der Waals surface area contributed by atoms with Crippen molar-refractivity contribution in [2.75, 3.05) is 26.0 Å². The Bertz CT molecular complexity index is 581. The van der Waals surface area contributed by atoms with Gasteiger partial charge in [-0.3, -0.25) is 4.79 Å². The Morgan fingerprint density at radius 2 is 2.14 bits per heavy atom. The van der Waals surface area contributed by atoms with Crippen LogP contribution in [0.4, 0.5) is 5.69 Å². The summed E-state index contributed by atoms with van der Waals surface area (Å²) in [5, 5.41) is 14.7. The van der Waals surface area contributed by atoms with Crippen molar-refractivity contribution in [1.82, 2.24) is 25.5 Å². The Morgan fingerprint density at radius 1 is 1.38 bits per heavy atom. The number of rotatable bonds is 7. The largest absolute Gasteiger partial charge is 0.399 e. The third kappa shape index (κ3) is 4.53. The molecule has 3 N–H and O–H groups in total. The molecule has 0 spiro atoms. The maximum atomic E-state index is 11.7. The lowest BCUT2D eigenvalue weighted by Crippen LogP contribution is -2.29. The van der Waals surface area contributed by atoms with Crippen LogP contribution < -0.4 is 11.1 Å². The molecule has 0 saturated heterocycles. The van der Waals surface area contributed by atoms with Gasteiger partial charge in [0, 0.05) is 31.5 Å². The average Bonchev–Trinajstić information content (AvgIpc) is 2.93. The first-order valence-corrected chi connectivity index (χ1v) is 6.58. The molecule has 1 aromatic heterocycles. The van der Waals surface area contributed by atoms with Gasteiger partial charge in [0.05, 0.1) is 0 Å². The van der Waals surface area contributed by atoms with Crippen molar-refractivity contribution in [1.29, 1.82) is 0 Å². The molecule has 0 fully saturated rings. The molecule has 21 heavy (non-hydrogen) atoms. The summed E-state index contributed by atoms with van der Waals surface area (Å²) in [6.45, 7) is 1.21. The van der Waals surface area contributed by atoms with Gasteiger partial charge in [-0.2, -0.15) is 4.80 Å². The van der Waals surface area contributed by atoms with Crippen LogP contribution in [-0.2, 0) is 16.1 Å². The van der Waals surface area contributed by atoms with Crippen LogP contribution in [0.2, 0.25) is 0 Å². The number of carbonyl (C=O) groups excluding carboxylic acids is 1. The standard InChI is InChI=1S/C13H18N6O2/c1-21-8-2-7-15-12(20)9-19-17-13(16-18-19)10-3-5-11(14)6-4-10/h3-6H,2,7-9,14H2,1H3,(H,15,20). The number of methoxy groups -OCH3 is 1. The number of amides is 1. The number of aromatic nitrogens is 4. The number of carbonyl (C=O) groups is 1. The van der Waals surface area contributed by atoms with Crippen LogP contribution in [0.15, 0.2) is 24.3 Å². The van der Waals surface area contributed by atoms with Gasteiger partial charge in [0.15, 0.2) is 0 Å². The van der Waals surface area contributed by atoms with E-state index in [1.807, 2.05) is 12.1 Å². The Balaban J connectivity index is 1.88. The Kier molecular flexibility index (Phi) is 5.22. The normalized spacial score (nSPS) is 10.5. The van der Waals surface area contributed by atoms with Crippen LogP contribution >= 0.6 is 0 Å². The van der Waals surface area contributed by atoms with Crippen LogP contribution in [0, 0.1) is 0 Å². The number of nitrogens with two attached hydrogens (primary N) is 1. The fourth-order valence-electron chi connectivity index (χ4n) is 1.69. The monoisotopic (exact) mass is 290 g/mol. The molecular weight excluding hydrogens is 272 g/mol. The molecule has 2 aromatic rings. The summed E-state index contributed by atoms with van der Waals surface area (Å²) in [5.74, 6) is 0.301. The Labute approximate surface area is 122 Å². The van der Waals surface area contributed by atoms with Crippen LogP contribution in [0.5, 0.6) is 0 Å². The van der Waals surface area contributed by atoms with Crippen molar-refractivity contribution in [2.24, 2.45) is 0 Å². The van der Waals surface area contributed by atoms with E-state index in [-0.39, 0.29) is 12.5 Å². The van der Waals surface area contributed by atoms with Gasteiger partial charge >= 0.3 is 0 Å². The highest BCUT2D eigenvalue weighted by molar-refractivity contribution is 5.75. The van der Waals surface area contributed by atoms with Crippen LogP contribution in [0.25, 0.3) is 11.4 Å². The zero-order valence-electron chi connectivity index (χ0n) is 11.8. The fraction of sp³-hybridized carbons (Fsp3) is 0.385. The highest BCUT2D eigenvalue weighted by Crippen LogP contribution is 2.14. The van der Waals surface area contributed by atoms with Crippen LogP contribution in [-0.4, -0.2) is 46.4 Å². The molecule has 1 amide bonds. The van der Waals surface area contributed by atoms with Crippen LogP contribution in [0.3, 0.4) is 0 Å². The third-order valence-corrected chi connectivity index (χ3v) is 2.75. The average molecular weight is 290 g/mol. The van der Waals surface area contributed by atoms with Gasteiger partial charge in [0.2, 0.25) is 11.7 Å². The molecule has 0 bridgehead atoms. The maximum absolute atomic E-state index is 11.7. The van der Waals surface area contributed by atoms with Gasteiger partial charge < -0.3 is 15.8 Å². The van der Waals surface area contributed by atoms with E-state index in [2.05, 4.69) is 20.7 Å². The second-order valence-electron chi connectivity index (χ2n) is 4.46. The van der Waals surface area contributed by atoms with Crippen molar-refractivity contribution < 1.29 is 9.53 Å². The summed E-state index contributed by atoms with van der Waals surface area (Å²) in [7, 11) is 1.62. The quantitative estimate of drug-likeness (QED) is 0.552. The second-order valence-corrected chi connectivity index (χ2v) is 4.46.